The van der Waals surface area contributed by atoms with Crippen molar-refractivity contribution in [2.24, 2.45) is 10.9 Å². The Morgan fingerprint density at radius 3 is 2.76 bits per heavy atom. The first kappa shape index (κ1) is 23.9. The Hall–Kier alpha value is -1.35. The molecule has 2 aromatic rings. The van der Waals surface area contributed by atoms with Gasteiger partial charge in [-0.15, -0.1) is 24.0 Å². The normalized spacial score (nSPS) is 16.0. The molecule has 0 saturated carbocycles. The van der Waals surface area contributed by atoms with Crippen molar-refractivity contribution in [1.29, 1.82) is 0 Å². The summed E-state index contributed by atoms with van der Waals surface area (Å²) >= 11 is 0. The van der Waals surface area contributed by atoms with Gasteiger partial charge in [-0.1, -0.05) is 6.92 Å². The Kier molecular flexibility index (Phi) is 10.2. The van der Waals surface area contributed by atoms with Crippen molar-refractivity contribution in [3.05, 3.63) is 35.8 Å². The van der Waals surface area contributed by atoms with Crippen LogP contribution < -0.4 is 10.6 Å². The smallest absolute Gasteiger partial charge is 0.191 e. The predicted octanol–water partition coefficient (Wildman–Crippen LogP) is 4.14. The van der Waals surface area contributed by atoms with Gasteiger partial charge in [0.05, 0.1) is 0 Å². The third-order valence-corrected chi connectivity index (χ3v) is 5.52. The van der Waals surface area contributed by atoms with Crippen molar-refractivity contribution in [3.63, 3.8) is 0 Å². The quantitative estimate of drug-likeness (QED) is 0.282. The molecular formula is C22H35FIN5. The number of rotatable bonds is 8. The molecule has 0 amide bonds. The van der Waals surface area contributed by atoms with Crippen LogP contribution in [0.5, 0.6) is 0 Å². The van der Waals surface area contributed by atoms with Gasteiger partial charge in [0.25, 0.3) is 0 Å². The van der Waals surface area contributed by atoms with E-state index in [0.29, 0.717) is 5.92 Å². The summed E-state index contributed by atoms with van der Waals surface area (Å²) in [6.07, 6.45) is 6.51. The van der Waals surface area contributed by atoms with Crippen molar-refractivity contribution in [3.8, 4) is 0 Å². The maximum Gasteiger partial charge on any atom is 0.191 e. The van der Waals surface area contributed by atoms with Crippen molar-refractivity contribution in [2.75, 3.05) is 39.3 Å². The highest BCUT2D eigenvalue weighted by Gasteiger charge is 2.18. The van der Waals surface area contributed by atoms with Crippen LogP contribution in [0.2, 0.25) is 0 Å². The van der Waals surface area contributed by atoms with Crippen molar-refractivity contribution in [1.82, 2.24) is 20.5 Å². The number of benzene rings is 1. The fourth-order valence-corrected chi connectivity index (χ4v) is 3.94. The molecule has 1 aromatic carbocycles. The van der Waals surface area contributed by atoms with Crippen LogP contribution in [0, 0.1) is 11.7 Å². The number of fused-ring (bicyclic) bond motifs is 1. The zero-order valence-corrected chi connectivity index (χ0v) is 20.0. The summed E-state index contributed by atoms with van der Waals surface area (Å²) in [5.41, 5.74) is 2.10. The molecule has 0 spiro atoms. The fraction of sp³-hybridized carbons (Fsp3) is 0.591. The molecule has 1 saturated heterocycles. The summed E-state index contributed by atoms with van der Waals surface area (Å²) in [4.78, 5) is 10.6. The van der Waals surface area contributed by atoms with E-state index in [0.717, 1.165) is 48.5 Å². The maximum atomic E-state index is 13.5. The molecule has 0 unspecified atom stereocenters. The lowest BCUT2D eigenvalue weighted by molar-refractivity contribution is 0.188. The second-order valence-electron chi connectivity index (χ2n) is 7.69. The summed E-state index contributed by atoms with van der Waals surface area (Å²) in [5.74, 6) is 1.37. The van der Waals surface area contributed by atoms with Crippen molar-refractivity contribution >= 4 is 40.8 Å². The van der Waals surface area contributed by atoms with Gasteiger partial charge in [-0.25, -0.2) is 4.39 Å². The molecule has 0 aliphatic carbocycles. The standard InChI is InChI=1S/C22H34FN5.HI/c1-3-11-28-12-8-17(9-13-28)15-27-22(24-4-2)25-10-7-18-16-26-21-6-5-19(23)14-20(18)21;/h5-6,14,16-17,26H,3-4,7-13,15H2,1-2H3,(H2,24,25,27);1H. The van der Waals surface area contributed by atoms with Gasteiger partial charge in [0, 0.05) is 36.7 Å². The number of aromatic amines is 1. The molecular weight excluding hydrogens is 480 g/mol. The Balaban J connectivity index is 0.00000300. The number of hydrogen-bond donors (Lipinski definition) is 3. The molecule has 5 nitrogen and oxygen atoms in total. The fourth-order valence-electron chi connectivity index (χ4n) is 3.94. The summed E-state index contributed by atoms with van der Waals surface area (Å²) in [6.45, 7) is 10.5. The third kappa shape index (κ3) is 7.13. The van der Waals surface area contributed by atoms with E-state index in [2.05, 4.69) is 34.4 Å². The second kappa shape index (κ2) is 12.4. The van der Waals surface area contributed by atoms with Gasteiger partial charge in [-0.05, 0) is 81.9 Å². The van der Waals surface area contributed by atoms with Crippen LogP contribution in [0.15, 0.2) is 29.4 Å². The van der Waals surface area contributed by atoms with Crippen LogP contribution in [0.25, 0.3) is 10.9 Å². The number of piperidine rings is 1. The molecule has 2 heterocycles. The predicted molar refractivity (Wildman–Crippen MR) is 131 cm³/mol. The molecule has 1 fully saturated rings. The van der Waals surface area contributed by atoms with E-state index in [-0.39, 0.29) is 29.8 Å². The summed E-state index contributed by atoms with van der Waals surface area (Å²) in [5, 5.41) is 7.73. The molecule has 0 bridgehead atoms. The number of halogens is 2. The van der Waals surface area contributed by atoms with Crippen LogP contribution in [-0.2, 0) is 6.42 Å². The van der Waals surface area contributed by atoms with E-state index in [9.17, 15) is 4.39 Å². The molecule has 0 atom stereocenters. The molecule has 7 heteroatoms. The minimum absolute atomic E-state index is 0. The van der Waals surface area contributed by atoms with Gasteiger partial charge >= 0.3 is 0 Å². The highest BCUT2D eigenvalue weighted by atomic mass is 127. The number of aromatic nitrogens is 1. The van der Waals surface area contributed by atoms with Crippen LogP contribution in [0.1, 0.15) is 38.7 Å². The number of aliphatic imine (C=N–C) groups is 1. The number of nitrogens with zero attached hydrogens (tertiary/aromatic N) is 2. The topological polar surface area (TPSA) is 55.4 Å². The highest BCUT2D eigenvalue weighted by molar-refractivity contribution is 14.0. The van der Waals surface area contributed by atoms with Gasteiger partial charge < -0.3 is 20.5 Å². The zero-order chi connectivity index (χ0) is 19.8. The first-order valence-corrected chi connectivity index (χ1v) is 10.7. The molecule has 0 radical (unpaired) electrons. The number of likely N-dealkylation sites (tertiary alicyclic amines) is 1. The number of hydrogen-bond acceptors (Lipinski definition) is 2. The number of nitrogens with one attached hydrogen (secondary N) is 3. The van der Waals surface area contributed by atoms with Crippen LogP contribution in [-0.4, -0.2) is 55.1 Å². The second-order valence-corrected chi connectivity index (χ2v) is 7.69. The molecule has 29 heavy (non-hydrogen) atoms. The molecule has 1 aliphatic heterocycles. The molecule has 3 rings (SSSR count). The molecule has 1 aromatic heterocycles. The Labute approximate surface area is 190 Å². The minimum atomic E-state index is -0.193. The molecule has 3 N–H and O–H groups in total. The van der Waals surface area contributed by atoms with Crippen LogP contribution in [0.4, 0.5) is 4.39 Å². The average Bonchev–Trinajstić information content (AvgIpc) is 3.09. The van der Waals surface area contributed by atoms with E-state index in [4.69, 9.17) is 4.99 Å². The number of guanidine groups is 1. The van der Waals surface area contributed by atoms with Gasteiger partial charge in [-0.2, -0.15) is 0 Å². The average molecular weight is 515 g/mol. The van der Waals surface area contributed by atoms with E-state index in [1.807, 2.05) is 6.20 Å². The number of H-pyrrole nitrogens is 1. The Morgan fingerprint density at radius 2 is 2.03 bits per heavy atom. The first-order chi connectivity index (χ1) is 13.7. The van der Waals surface area contributed by atoms with Gasteiger partial charge in [0.1, 0.15) is 5.82 Å². The van der Waals surface area contributed by atoms with Crippen LogP contribution in [0.3, 0.4) is 0 Å². The van der Waals surface area contributed by atoms with E-state index in [1.54, 1.807) is 12.1 Å². The summed E-state index contributed by atoms with van der Waals surface area (Å²) < 4.78 is 13.5. The first-order valence-electron chi connectivity index (χ1n) is 10.7. The lowest BCUT2D eigenvalue weighted by Crippen LogP contribution is -2.39. The summed E-state index contributed by atoms with van der Waals surface area (Å²) in [7, 11) is 0. The van der Waals surface area contributed by atoms with E-state index < -0.39 is 0 Å². The van der Waals surface area contributed by atoms with Crippen molar-refractivity contribution < 1.29 is 4.39 Å². The monoisotopic (exact) mass is 515 g/mol. The largest absolute Gasteiger partial charge is 0.361 e. The molecule has 1 aliphatic rings. The minimum Gasteiger partial charge on any atom is -0.361 e. The van der Waals surface area contributed by atoms with Gasteiger partial charge in [0.15, 0.2) is 5.96 Å². The molecule has 162 valence electrons. The lowest BCUT2D eigenvalue weighted by atomic mass is 9.97. The van der Waals surface area contributed by atoms with E-state index >= 15 is 0 Å². The summed E-state index contributed by atoms with van der Waals surface area (Å²) in [6, 6.07) is 4.88. The Bertz CT molecular complexity index is 768. The van der Waals surface area contributed by atoms with Crippen molar-refractivity contribution in [2.45, 2.75) is 39.5 Å². The Morgan fingerprint density at radius 1 is 1.24 bits per heavy atom. The van der Waals surface area contributed by atoms with Gasteiger partial charge in [-0.3, -0.25) is 4.99 Å². The zero-order valence-electron chi connectivity index (χ0n) is 17.6. The van der Waals surface area contributed by atoms with Crippen LogP contribution >= 0.6 is 24.0 Å². The lowest BCUT2D eigenvalue weighted by Gasteiger charge is -2.31. The highest BCUT2D eigenvalue weighted by Crippen LogP contribution is 2.20. The third-order valence-electron chi connectivity index (χ3n) is 5.52. The maximum absolute atomic E-state index is 13.5. The SMILES string of the molecule is CCCN1CCC(CN=C(NCC)NCCc2c[nH]c3ccc(F)cc23)CC1.I. The van der Waals surface area contributed by atoms with Gasteiger partial charge in [0.2, 0.25) is 0 Å². The van der Waals surface area contributed by atoms with E-state index in [1.165, 1.54) is 45.0 Å².